The Hall–Kier alpha value is -2.28. The molecule has 1 saturated carbocycles. The van der Waals surface area contributed by atoms with Crippen molar-refractivity contribution in [2.24, 2.45) is 5.41 Å². The first kappa shape index (κ1) is 17.5. The van der Waals surface area contributed by atoms with Crippen LogP contribution in [0, 0.1) is 5.41 Å². The van der Waals surface area contributed by atoms with E-state index in [4.69, 9.17) is 14.2 Å². The fraction of sp³-hybridized carbons (Fsp3) is 0.556. The topological polar surface area (TPSA) is 85.9 Å². The summed E-state index contributed by atoms with van der Waals surface area (Å²) in [6.07, 6.45) is 3.12. The largest absolute Gasteiger partial charge is 0.497 e. The van der Waals surface area contributed by atoms with Crippen molar-refractivity contribution in [2.45, 2.75) is 31.8 Å². The molecule has 1 aromatic rings. The number of rotatable bonds is 7. The van der Waals surface area contributed by atoms with Gasteiger partial charge in [-0.2, -0.15) is 0 Å². The summed E-state index contributed by atoms with van der Waals surface area (Å²) in [5, 5.41) is 5.68. The van der Waals surface area contributed by atoms with Gasteiger partial charge in [0.15, 0.2) is 0 Å². The number of ether oxygens (including phenoxy) is 3. The average molecular weight is 348 g/mol. The van der Waals surface area contributed by atoms with Gasteiger partial charge in [0.25, 0.3) is 0 Å². The van der Waals surface area contributed by atoms with Crippen LogP contribution in [0.5, 0.6) is 11.5 Å². The lowest BCUT2D eigenvalue weighted by Crippen LogP contribution is -2.42. The monoisotopic (exact) mass is 348 g/mol. The standard InChI is InChI=1S/C18H24N2O5/c1-23-12-5-6-14(15(10-12)24-2)20-17(22)18(7-8-18)16(21)19-11-13-4-3-9-25-13/h5-6,10,13H,3-4,7-9,11H2,1-2H3,(H,19,21)(H,20,22). The van der Waals surface area contributed by atoms with E-state index >= 15 is 0 Å². The maximum absolute atomic E-state index is 12.7. The third kappa shape index (κ3) is 3.71. The highest BCUT2D eigenvalue weighted by Crippen LogP contribution is 2.47. The predicted molar refractivity (Wildman–Crippen MR) is 91.8 cm³/mol. The minimum Gasteiger partial charge on any atom is -0.497 e. The Labute approximate surface area is 147 Å². The molecular weight excluding hydrogens is 324 g/mol. The lowest BCUT2D eigenvalue weighted by Gasteiger charge is -2.18. The third-order valence-corrected chi connectivity index (χ3v) is 4.79. The molecule has 1 atom stereocenters. The minimum absolute atomic E-state index is 0.0597. The van der Waals surface area contributed by atoms with Gasteiger partial charge in [-0.15, -0.1) is 0 Å². The normalized spacial score (nSPS) is 20.6. The molecule has 1 unspecified atom stereocenters. The number of hydrogen-bond donors (Lipinski definition) is 2. The summed E-state index contributed by atoms with van der Waals surface area (Å²) in [5.41, 5.74) is -0.463. The van der Waals surface area contributed by atoms with Crippen molar-refractivity contribution in [3.8, 4) is 11.5 Å². The molecule has 136 valence electrons. The summed E-state index contributed by atoms with van der Waals surface area (Å²) in [7, 11) is 3.08. The molecule has 1 saturated heterocycles. The van der Waals surface area contributed by atoms with Crippen LogP contribution < -0.4 is 20.1 Å². The molecule has 0 spiro atoms. The Balaban J connectivity index is 1.62. The van der Waals surface area contributed by atoms with Crippen molar-refractivity contribution in [2.75, 3.05) is 32.7 Å². The van der Waals surface area contributed by atoms with Crippen LogP contribution in [0.2, 0.25) is 0 Å². The Bertz CT molecular complexity index is 651. The van der Waals surface area contributed by atoms with E-state index in [1.54, 1.807) is 25.3 Å². The molecule has 7 heteroatoms. The fourth-order valence-electron chi connectivity index (χ4n) is 3.01. The molecule has 2 fully saturated rings. The van der Waals surface area contributed by atoms with E-state index in [2.05, 4.69) is 10.6 Å². The maximum Gasteiger partial charge on any atom is 0.240 e. The van der Waals surface area contributed by atoms with Gasteiger partial charge in [0.2, 0.25) is 11.8 Å². The van der Waals surface area contributed by atoms with E-state index < -0.39 is 5.41 Å². The van der Waals surface area contributed by atoms with Gasteiger partial charge in [0, 0.05) is 19.2 Å². The number of anilines is 1. The smallest absolute Gasteiger partial charge is 0.240 e. The van der Waals surface area contributed by atoms with Crippen LogP contribution in [0.15, 0.2) is 18.2 Å². The Morgan fingerprint density at radius 3 is 2.64 bits per heavy atom. The highest BCUT2D eigenvalue weighted by atomic mass is 16.5. The second kappa shape index (κ2) is 7.31. The molecule has 1 heterocycles. The van der Waals surface area contributed by atoms with Crippen molar-refractivity contribution in [1.29, 1.82) is 0 Å². The molecule has 0 aromatic heterocycles. The molecule has 2 N–H and O–H groups in total. The molecule has 2 amide bonds. The molecule has 1 aliphatic carbocycles. The third-order valence-electron chi connectivity index (χ3n) is 4.79. The van der Waals surface area contributed by atoms with E-state index in [0.29, 0.717) is 36.6 Å². The van der Waals surface area contributed by atoms with Gasteiger partial charge in [0.05, 0.1) is 26.0 Å². The maximum atomic E-state index is 12.7. The lowest BCUT2D eigenvalue weighted by atomic mass is 10.0. The van der Waals surface area contributed by atoms with E-state index in [9.17, 15) is 9.59 Å². The van der Waals surface area contributed by atoms with Crippen molar-refractivity contribution in [1.82, 2.24) is 5.32 Å². The molecular formula is C18H24N2O5. The Kier molecular flexibility index (Phi) is 5.13. The zero-order valence-electron chi connectivity index (χ0n) is 14.6. The van der Waals surface area contributed by atoms with Gasteiger partial charge >= 0.3 is 0 Å². The van der Waals surface area contributed by atoms with Crippen molar-refractivity contribution in [3.63, 3.8) is 0 Å². The molecule has 0 bridgehead atoms. The Morgan fingerprint density at radius 1 is 1.24 bits per heavy atom. The van der Waals surface area contributed by atoms with E-state index in [-0.39, 0.29) is 17.9 Å². The van der Waals surface area contributed by atoms with Crippen LogP contribution >= 0.6 is 0 Å². The van der Waals surface area contributed by atoms with Crippen molar-refractivity contribution in [3.05, 3.63) is 18.2 Å². The quantitative estimate of drug-likeness (QED) is 0.733. The van der Waals surface area contributed by atoms with Crippen LogP contribution in [-0.4, -0.2) is 45.3 Å². The fourth-order valence-corrected chi connectivity index (χ4v) is 3.01. The number of hydrogen-bond acceptors (Lipinski definition) is 5. The first-order valence-corrected chi connectivity index (χ1v) is 8.52. The summed E-state index contributed by atoms with van der Waals surface area (Å²) < 4.78 is 15.9. The highest BCUT2D eigenvalue weighted by Gasteiger charge is 2.56. The van der Waals surface area contributed by atoms with Crippen molar-refractivity contribution >= 4 is 17.5 Å². The first-order chi connectivity index (χ1) is 12.1. The highest BCUT2D eigenvalue weighted by molar-refractivity contribution is 6.13. The number of nitrogens with one attached hydrogen (secondary N) is 2. The average Bonchev–Trinajstić information content (AvgIpc) is 3.29. The van der Waals surface area contributed by atoms with Gasteiger partial charge < -0.3 is 24.8 Å². The molecule has 7 nitrogen and oxygen atoms in total. The van der Waals surface area contributed by atoms with Crippen LogP contribution in [0.3, 0.4) is 0 Å². The predicted octanol–water partition coefficient (Wildman–Crippen LogP) is 1.72. The SMILES string of the molecule is COc1ccc(NC(=O)C2(C(=O)NCC3CCCO3)CC2)c(OC)c1. The number of methoxy groups -OCH3 is 2. The van der Waals surface area contributed by atoms with E-state index in [1.807, 2.05) is 0 Å². The first-order valence-electron chi connectivity index (χ1n) is 8.52. The summed E-state index contributed by atoms with van der Waals surface area (Å²) in [4.78, 5) is 25.2. The number of carbonyl (C=O) groups excluding carboxylic acids is 2. The second-order valence-electron chi connectivity index (χ2n) is 6.45. The van der Waals surface area contributed by atoms with Crippen LogP contribution in [-0.2, 0) is 14.3 Å². The zero-order chi connectivity index (χ0) is 17.9. The Morgan fingerprint density at radius 2 is 2.04 bits per heavy atom. The second-order valence-corrected chi connectivity index (χ2v) is 6.45. The van der Waals surface area contributed by atoms with Gasteiger partial charge in [-0.1, -0.05) is 0 Å². The minimum atomic E-state index is -0.983. The van der Waals surface area contributed by atoms with Crippen LogP contribution in [0.25, 0.3) is 0 Å². The van der Waals surface area contributed by atoms with Gasteiger partial charge in [0.1, 0.15) is 16.9 Å². The number of carbonyl (C=O) groups is 2. The molecule has 25 heavy (non-hydrogen) atoms. The van der Waals surface area contributed by atoms with Crippen LogP contribution in [0.4, 0.5) is 5.69 Å². The van der Waals surface area contributed by atoms with E-state index in [0.717, 1.165) is 19.4 Å². The van der Waals surface area contributed by atoms with Gasteiger partial charge in [-0.25, -0.2) is 0 Å². The zero-order valence-corrected chi connectivity index (χ0v) is 14.6. The van der Waals surface area contributed by atoms with Crippen LogP contribution in [0.1, 0.15) is 25.7 Å². The molecule has 0 radical (unpaired) electrons. The van der Waals surface area contributed by atoms with Gasteiger partial charge in [-0.3, -0.25) is 9.59 Å². The number of amides is 2. The molecule has 3 rings (SSSR count). The molecule has 2 aliphatic rings. The summed E-state index contributed by atoms with van der Waals surface area (Å²) in [5.74, 6) is 0.586. The molecule has 1 aliphatic heterocycles. The van der Waals surface area contributed by atoms with Gasteiger partial charge in [-0.05, 0) is 37.8 Å². The lowest BCUT2D eigenvalue weighted by molar-refractivity contribution is -0.134. The summed E-state index contributed by atoms with van der Waals surface area (Å²) in [6, 6.07) is 5.12. The number of benzene rings is 1. The summed E-state index contributed by atoms with van der Waals surface area (Å²) in [6.45, 7) is 1.20. The molecule has 1 aromatic carbocycles. The van der Waals surface area contributed by atoms with E-state index in [1.165, 1.54) is 7.11 Å². The summed E-state index contributed by atoms with van der Waals surface area (Å²) >= 11 is 0. The van der Waals surface area contributed by atoms with Crippen molar-refractivity contribution < 1.29 is 23.8 Å².